The molecule has 6 nitrogen and oxygen atoms in total. The van der Waals surface area contributed by atoms with Gasteiger partial charge < -0.3 is 19.5 Å². The van der Waals surface area contributed by atoms with Crippen LogP contribution in [0.5, 0.6) is 5.75 Å². The number of rotatable bonds is 5. The summed E-state index contributed by atoms with van der Waals surface area (Å²) in [7, 11) is 1.87. The van der Waals surface area contributed by atoms with Gasteiger partial charge in [-0.25, -0.2) is 4.98 Å². The molecule has 1 atom stereocenters. The van der Waals surface area contributed by atoms with E-state index < -0.39 is 6.36 Å². The van der Waals surface area contributed by atoms with Gasteiger partial charge in [0.05, 0.1) is 0 Å². The van der Waals surface area contributed by atoms with Gasteiger partial charge >= 0.3 is 6.36 Å². The fourth-order valence-corrected chi connectivity index (χ4v) is 3.25. The van der Waals surface area contributed by atoms with Crippen molar-refractivity contribution >= 4 is 5.91 Å². The zero-order chi connectivity index (χ0) is 19.4. The summed E-state index contributed by atoms with van der Waals surface area (Å²) in [4.78, 5) is 18.9. The number of carbonyl (C=O) groups is 1. The van der Waals surface area contributed by atoms with Gasteiger partial charge in [0.25, 0.3) is 0 Å². The molecule has 1 aromatic heterocycles. The number of halogens is 3. The van der Waals surface area contributed by atoms with Gasteiger partial charge in [-0.05, 0) is 18.1 Å². The maximum absolute atomic E-state index is 12.8. The highest BCUT2D eigenvalue weighted by atomic mass is 19.4. The summed E-state index contributed by atoms with van der Waals surface area (Å²) in [6, 6.07) is 5.70. The number of ether oxygens (including phenoxy) is 1. The first kappa shape index (κ1) is 19.2. The third kappa shape index (κ3) is 4.79. The van der Waals surface area contributed by atoms with Crippen LogP contribution in [-0.2, 0) is 18.3 Å². The standard InChI is InChI=1S/C18H21F3N4O2/c1-24-10-9-23-17(24)14-12-22-8-11-25(14)16(26)7-6-13-4-2-3-5-15(13)27-18(19,20)21/h2-5,9-10,14,22H,6-8,11-12H2,1H3. The van der Waals surface area contributed by atoms with Gasteiger partial charge in [0.15, 0.2) is 0 Å². The third-order valence-electron chi connectivity index (χ3n) is 4.53. The smallest absolute Gasteiger partial charge is 0.406 e. The van der Waals surface area contributed by atoms with Crippen LogP contribution in [0.4, 0.5) is 13.2 Å². The Morgan fingerprint density at radius 1 is 1.37 bits per heavy atom. The fourth-order valence-electron chi connectivity index (χ4n) is 3.25. The van der Waals surface area contributed by atoms with Gasteiger partial charge in [0, 0.05) is 45.5 Å². The monoisotopic (exact) mass is 382 g/mol. The molecule has 1 aliphatic rings. The first-order valence-corrected chi connectivity index (χ1v) is 8.66. The lowest BCUT2D eigenvalue weighted by molar-refractivity contribution is -0.274. The molecule has 146 valence electrons. The predicted octanol–water partition coefficient (Wildman–Crippen LogP) is 2.42. The van der Waals surface area contributed by atoms with Crippen molar-refractivity contribution < 1.29 is 22.7 Å². The molecule has 2 aromatic rings. The molecule has 1 N–H and O–H groups in total. The Balaban J connectivity index is 1.69. The number of aromatic nitrogens is 2. The third-order valence-corrected chi connectivity index (χ3v) is 4.53. The molecule has 9 heteroatoms. The number of alkyl halides is 3. The summed E-state index contributed by atoms with van der Waals surface area (Å²) in [6.45, 7) is 1.78. The van der Waals surface area contributed by atoms with Crippen molar-refractivity contribution in [3.63, 3.8) is 0 Å². The molecule has 3 rings (SSSR count). The van der Waals surface area contributed by atoms with Crippen LogP contribution in [0.1, 0.15) is 23.9 Å². The zero-order valence-electron chi connectivity index (χ0n) is 14.9. The number of imidazole rings is 1. The minimum absolute atomic E-state index is 0.0964. The molecule has 1 unspecified atom stereocenters. The minimum Gasteiger partial charge on any atom is -0.406 e. The number of nitrogens with one attached hydrogen (secondary N) is 1. The van der Waals surface area contributed by atoms with Crippen LogP contribution in [0.25, 0.3) is 0 Å². The van der Waals surface area contributed by atoms with Gasteiger partial charge in [-0.2, -0.15) is 0 Å². The molecule has 1 saturated heterocycles. The molecule has 2 heterocycles. The number of para-hydroxylation sites is 1. The zero-order valence-corrected chi connectivity index (χ0v) is 14.9. The Labute approximate surface area is 154 Å². The van der Waals surface area contributed by atoms with Crippen molar-refractivity contribution in [2.24, 2.45) is 7.05 Å². The molecule has 0 aliphatic carbocycles. The van der Waals surface area contributed by atoms with Crippen LogP contribution < -0.4 is 10.1 Å². The van der Waals surface area contributed by atoms with E-state index in [1.165, 1.54) is 12.1 Å². The van der Waals surface area contributed by atoms with E-state index in [-0.39, 0.29) is 30.5 Å². The van der Waals surface area contributed by atoms with E-state index in [0.29, 0.717) is 25.2 Å². The maximum atomic E-state index is 12.8. The molecule has 1 aromatic carbocycles. The number of piperazine rings is 1. The summed E-state index contributed by atoms with van der Waals surface area (Å²) in [5.41, 5.74) is 0.354. The average molecular weight is 382 g/mol. The Bertz CT molecular complexity index is 791. The number of amides is 1. The highest BCUT2D eigenvalue weighted by Crippen LogP contribution is 2.28. The second-order valence-corrected chi connectivity index (χ2v) is 6.36. The average Bonchev–Trinajstić information content (AvgIpc) is 3.05. The van der Waals surface area contributed by atoms with E-state index in [1.54, 1.807) is 23.2 Å². The van der Waals surface area contributed by atoms with Gasteiger partial charge in [-0.3, -0.25) is 4.79 Å². The van der Waals surface area contributed by atoms with E-state index in [2.05, 4.69) is 15.0 Å². The van der Waals surface area contributed by atoms with E-state index in [4.69, 9.17) is 0 Å². The summed E-state index contributed by atoms with van der Waals surface area (Å²) in [5, 5.41) is 3.25. The number of hydrogen-bond donors (Lipinski definition) is 1. The lowest BCUT2D eigenvalue weighted by atomic mass is 10.1. The topological polar surface area (TPSA) is 59.4 Å². The van der Waals surface area contributed by atoms with Gasteiger partial charge in [-0.15, -0.1) is 13.2 Å². The molecule has 0 spiro atoms. The molecule has 1 fully saturated rings. The molecule has 0 radical (unpaired) electrons. The molecular formula is C18H21F3N4O2. The number of hydrogen-bond acceptors (Lipinski definition) is 4. The molecular weight excluding hydrogens is 361 g/mol. The lowest BCUT2D eigenvalue weighted by Crippen LogP contribution is -2.49. The van der Waals surface area contributed by atoms with E-state index in [9.17, 15) is 18.0 Å². The molecule has 1 amide bonds. The van der Waals surface area contributed by atoms with Crippen molar-refractivity contribution in [1.29, 1.82) is 0 Å². The first-order chi connectivity index (χ1) is 12.8. The van der Waals surface area contributed by atoms with E-state index >= 15 is 0 Å². The lowest BCUT2D eigenvalue weighted by Gasteiger charge is -2.36. The van der Waals surface area contributed by atoms with Gasteiger partial charge in [0.1, 0.15) is 17.6 Å². The summed E-state index contributed by atoms with van der Waals surface area (Å²) in [5.74, 6) is 0.390. The van der Waals surface area contributed by atoms with Crippen LogP contribution >= 0.6 is 0 Å². The highest BCUT2D eigenvalue weighted by molar-refractivity contribution is 5.77. The molecule has 0 saturated carbocycles. The molecule has 1 aliphatic heterocycles. The second kappa shape index (κ2) is 7.99. The molecule has 0 bridgehead atoms. The van der Waals surface area contributed by atoms with Crippen LogP contribution in [0.15, 0.2) is 36.7 Å². The number of carbonyl (C=O) groups excluding carboxylic acids is 1. The van der Waals surface area contributed by atoms with Crippen LogP contribution in [-0.4, -0.2) is 46.4 Å². The van der Waals surface area contributed by atoms with E-state index in [1.807, 2.05) is 17.8 Å². The van der Waals surface area contributed by atoms with Crippen molar-refractivity contribution in [3.05, 3.63) is 48.0 Å². The summed E-state index contributed by atoms with van der Waals surface area (Å²) < 4.78 is 43.6. The van der Waals surface area contributed by atoms with Crippen molar-refractivity contribution in [2.45, 2.75) is 25.2 Å². The maximum Gasteiger partial charge on any atom is 0.573 e. The number of benzene rings is 1. The molecule has 27 heavy (non-hydrogen) atoms. The van der Waals surface area contributed by atoms with Crippen molar-refractivity contribution in [2.75, 3.05) is 19.6 Å². The van der Waals surface area contributed by atoms with E-state index in [0.717, 1.165) is 5.82 Å². The van der Waals surface area contributed by atoms with Crippen LogP contribution in [0, 0.1) is 0 Å². The minimum atomic E-state index is -4.76. The number of aryl methyl sites for hydroxylation is 2. The quantitative estimate of drug-likeness (QED) is 0.863. The normalized spacial score (nSPS) is 17.8. The Morgan fingerprint density at radius 2 is 2.15 bits per heavy atom. The van der Waals surface area contributed by atoms with Crippen molar-refractivity contribution in [1.82, 2.24) is 19.8 Å². The summed E-state index contributed by atoms with van der Waals surface area (Å²) in [6.07, 6.45) is -1.00. The van der Waals surface area contributed by atoms with Crippen molar-refractivity contribution in [3.8, 4) is 5.75 Å². The van der Waals surface area contributed by atoms with Gasteiger partial charge in [0.2, 0.25) is 5.91 Å². The Morgan fingerprint density at radius 3 is 2.85 bits per heavy atom. The predicted molar refractivity (Wildman–Crippen MR) is 92.0 cm³/mol. The van der Waals surface area contributed by atoms with Crippen LogP contribution in [0.2, 0.25) is 0 Å². The first-order valence-electron chi connectivity index (χ1n) is 8.66. The highest BCUT2D eigenvalue weighted by Gasteiger charge is 2.33. The SMILES string of the molecule is Cn1ccnc1C1CNCCN1C(=O)CCc1ccccc1OC(F)(F)F. The fraction of sp³-hybridized carbons (Fsp3) is 0.444. The van der Waals surface area contributed by atoms with Crippen LogP contribution in [0.3, 0.4) is 0 Å². The summed E-state index contributed by atoms with van der Waals surface area (Å²) >= 11 is 0. The number of nitrogens with zero attached hydrogens (tertiary/aromatic N) is 3. The Hall–Kier alpha value is -2.55. The Kier molecular flexibility index (Phi) is 5.69. The largest absolute Gasteiger partial charge is 0.573 e. The van der Waals surface area contributed by atoms with Gasteiger partial charge in [-0.1, -0.05) is 18.2 Å². The second-order valence-electron chi connectivity index (χ2n) is 6.36.